The summed E-state index contributed by atoms with van der Waals surface area (Å²) >= 11 is 0. The molecule has 0 unspecified atom stereocenters. The van der Waals surface area contributed by atoms with Gasteiger partial charge in [-0.05, 0) is 11.5 Å². The van der Waals surface area contributed by atoms with Gasteiger partial charge in [-0.3, -0.25) is 0 Å². The number of nitrogens with zero attached hydrogens (tertiary/aromatic N) is 1. The highest BCUT2D eigenvalue weighted by Gasteiger charge is 2.19. The summed E-state index contributed by atoms with van der Waals surface area (Å²) in [6.07, 6.45) is 0. The van der Waals surface area contributed by atoms with Gasteiger partial charge in [-0.25, -0.2) is 8.51 Å². The van der Waals surface area contributed by atoms with E-state index in [1.165, 1.54) is 0 Å². The quantitative estimate of drug-likeness (QED) is 0.840. The van der Waals surface area contributed by atoms with Crippen LogP contribution in [0.4, 0.5) is 0 Å². The van der Waals surface area contributed by atoms with Crippen molar-refractivity contribution >= 4 is 21.8 Å². The van der Waals surface area contributed by atoms with Crippen LogP contribution >= 0.6 is 0 Å². The summed E-state index contributed by atoms with van der Waals surface area (Å²) < 4.78 is 20.1. The second-order valence-electron chi connectivity index (χ2n) is 4.18. The first kappa shape index (κ1) is 14.0. The van der Waals surface area contributed by atoms with Crippen LogP contribution < -0.4 is 4.74 Å². The van der Waals surface area contributed by atoms with Gasteiger partial charge in [0.15, 0.2) is 0 Å². The summed E-state index contributed by atoms with van der Waals surface area (Å²) in [6, 6.07) is 11.9. The van der Waals surface area contributed by atoms with Crippen molar-refractivity contribution < 1.29 is 8.95 Å². The van der Waals surface area contributed by atoms with Gasteiger partial charge < -0.3 is 4.74 Å². The maximum Gasteiger partial charge on any atom is 0.137 e. The highest BCUT2D eigenvalue weighted by molar-refractivity contribution is 7.83. The SMILES string of the molecule is CCN(CC)[S@](=O)c1c(OC)ccc2ccccc12. The van der Waals surface area contributed by atoms with Crippen molar-refractivity contribution in [1.82, 2.24) is 4.31 Å². The van der Waals surface area contributed by atoms with Crippen LogP contribution in [0.15, 0.2) is 41.3 Å². The molecular formula is C15H19NO2S. The molecule has 0 aliphatic rings. The molecule has 2 aromatic carbocycles. The molecule has 0 aliphatic heterocycles. The molecule has 0 amide bonds. The van der Waals surface area contributed by atoms with Gasteiger partial charge in [0, 0.05) is 18.5 Å². The minimum Gasteiger partial charge on any atom is -0.495 e. The maximum absolute atomic E-state index is 12.8. The molecule has 1 atom stereocenters. The van der Waals surface area contributed by atoms with E-state index in [4.69, 9.17) is 4.74 Å². The van der Waals surface area contributed by atoms with Crippen molar-refractivity contribution in [1.29, 1.82) is 0 Å². The molecule has 0 saturated carbocycles. The zero-order valence-corrected chi connectivity index (χ0v) is 12.4. The molecule has 4 heteroatoms. The maximum atomic E-state index is 12.8. The van der Waals surface area contributed by atoms with Crippen LogP contribution in [0.3, 0.4) is 0 Å². The lowest BCUT2D eigenvalue weighted by Gasteiger charge is -2.20. The molecule has 0 radical (unpaired) electrons. The van der Waals surface area contributed by atoms with Crippen molar-refractivity contribution in [3.63, 3.8) is 0 Å². The topological polar surface area (TPSA) is 29.5 Å². The summed E-state index contributed by atoms with van der Waals surface area (Å²) in [6.45, 7) is 5.52. The number of hydrogen-bond donors (Lipinski definition) is 0. The second kappa shape index (κ2) is 6.17. The Balaban J connectivity index is 2.65. The average molecular weight is 277 g/mol. The van der Waals surface area contributed by atoms with Crippen molar-refractivity contribution in [2.24, 2.45) is 0 Å². The first-order valence-electron chi connectivity index (χ1n) is 6.45. The van der Waals surface area contributed by atoms with Crippen LogP contribution in [0, 0.1) is 0 Å². The van der Waals surface area contributed by atoms with Gasteiger partial charge in [0.1, 0.15) is 21.6 Å². The molecule has 0 bridgehead atoms. The minimum atomic E-state index is -1.20. The molecule has 2 aromatic rings. The van der Waals surface area contributed by atoms with Crippen LogP contribution in [0.25, 0.3) is 10.8 Å². The highest BCUT2D eigenvalue weighted by atomic mass is 32.2. The van der Waals surface area contributed by atoms with Crippen molar-refractivity contribution in [2.45, 2.75) is 18.7 Å². The third-order valence-corrected chi connectivity index (χ3v) is 4.93. The Labute approximate surface area is 116 Å². The number of fused-ring (bicyclic) bond motifs is 1. The van der Waals surface area contributed by atoms with Crippen molar-refractivity contribution in [3.8, 4) is 5.75 Å². The molecule has 3 nitrogen and oxygen atoms in total. The predicted molar refractivity (Wildman–Crippen MR) is 79.8 cm³/mol. The van der Waals surface area contributed by atoms with Crippen molar-refractivity contribution in [3.05, 3.63) is 36.4 Å². The molecule has 19 heavy (non-hydrogen) atoms. The van der Waals surface area contributed by atoms with Crippen LogP contribution in [-0.2, 0) is 11.0 Å². The average Bonchev–Trinajstić information content (AvgIpc) is 2.47. The van der Waals surface area contributed by atoms with E-state index in [1.807, 2.05) is 54.6 Å². The van der Waals surface area contributed by atoms with Gasteiger partial charge in [-0.1, -0.05) is 44.2 Å². The molecule has 0 saturated heterocycles. The van der Waals surface area contributed by atoms with Gasteiger partial charge in [-0.2, -0.15) is 0 Å². The van der Waals surface area contributed by atoms with E-state index < -0.39 is 11.0 Å². The standard InChI is InChI=1S/C15H19NO2S/c1-4-16(5-2)19(17)15-13-9-7-6-8-12(13)10-11-14(15)18-3/h6-11H,4-5H2,1-3H3/t19-/m1/s1. The van der Waals surface area contributed by atoms with Gasteiger partial charge in [-0.15, -0.1) is 0 Å². The Morgan fingerprint density at radius 3 is 2.42 bits per heavy atom. The van der Waals surface area contributed by atoms with Gasteiger partial charge in [0.05, 0.1) is 7.11 Å². The van der Waals surface area contributed by atoms with E-state index in [9.17, 15) is 4.21 Å². The van der Waals surface area contributed by atoms with E-state index in [-0.39, 0.29) is 0 Å². The first-order chi connectivity index (χ1) is 9.22. The van der Waals surface area contributed by atoms with Crippen molar-refractivity contribution in [2.75, 3.05) is 20.2 Å². The fraction of sp³-hybridized carbons (Fsp3) is 0.333. The van der Waals surface area contributed by atoms with E-state index in [0.29, 0.717) is 5.75 Å². The summed E-state index contributed by atoms with van der Waals surface area (Å²) in [5, 5.41) is 2.07. The molecule has 0 heterocycles. The molecule has 102 valence electrons. The van der Waals surface area contributed by atoms with Crippen LogP contribution in [0.2, 0.25) is 0 Å². The number of ether oxygens (including phenoxy) is 1. The van der Waals surface area contributed by atoms with Crippen LogP contribution in [0.5, 0.6) is 5.75 Å². The largest absolute Gasteiger partial charge is 0.495 e. The lowest BCUT2D eigenvalue weighted by Crippen LogP contribution is -2.25. The summed E-state index contributed by atoms with van der Waals surface area (Å²) in [5.74, 6) is 0.684. The highest BCUT2D eigenvalue weighted by Crippen LogP contribution is 2.32. The molecule has 0 aliphatic carbocycles. The monoisotopic (exact) mass is 277 g/mol. The Kier molecular flexibility index (Phi) is 4.56. The van der Waals surface area contributed by atoms with Gasteiger partial charge in [0.2, 0.25) is 0 Å². The zero-order valence-electron chi connectivity index (χ0n) is 11.6. The van der Waals surface area contributed by atoms with E-state index in [1.54, 1.807) is 7.11 Å². The Hall–Kier alpha value is -1.39. The second-order valence-corrected chi connectivity index (χ2v) is 5.60. The minimum absolute atomic E-state index is 0.684. The molecule has 0 aromatic heterocycles. The zero-order chi connectivity index (χ0) is 13.8. The van der Waals surface area contributed by atoms with E-state index in [0.717, 1.165) is 28.8 Å². The third kappa shape index (κ3) is 2.65. The Morgan fingerprint density at radius 1 is 1.11 bits per heavy atom. The Bertz CT molecular complexity index is 594. The lowest BCUT2D eigenvalue weighted by molar-refractivity contribution is 0.402. The fourth-order valence-corrected chi connectivity index (χ4v) is 3.58. The summed E-state index contributed by atoms with van der Waals surface area (Å²) in [4.78, 5) is 0.768. The number of benzene rings is 2. The molecule has 2 rings (SSSR count). The smallest absolute Gasteiger partial charge is 0.137 e. The van der Waals surface area contributed by atoms with E-state index >= 15 is 0 Å². The molecule has 0 spiro atoms. The first-order valence-corrected chi connectivity index (χ1v) is 7.56. The van der Waals surface area contributed by atoms with E-state index in [2.05, 4.69) is 0 Å². The Morgan fingerprint density at radius 2 is 1.79 bits per heavy atom. The van der Waals surface area contributed by atoms with Gasteiger partial charge >= 0.3 is 0 Å². The normalized spacial score (nSPS) is 12.8. The van der Waals surface area contributed by atoms with Gasteiger partial charge in [0.25, 0.3) is 0 Å². The summed E-state index contributed by atoms with van der Waals surface area (Å²) in [5.41, 5.74) is 0. The lowest BCUT2D eigenvalue weighted by atomic mass is 10.1. The van der Waals surface area contributed by atoms with Crippen LogP contribution in [0.1, 0.15) is 13.8 Å². The third-order valence-electron chi connectivity index (χ3n) is 3.18. The predicted octanol–water partition coefficient (Wildman–Crippen LogP) is 3.21. The number of rotatable bonds is 5. The molecular weight excluding hydrogens is 258 g/mol. The fourth-order valence-electron chi connectivity index (χ4n) is 2.15. The summed E-state index contributed by atoms with van der Waals surface area (Å²) in [7, 11) is 0.419. The molecule has 0 N–H and O–H groups in total. The van der Waals surface area contributed by atoms with Crippen LogP contribution in [-0.4, -0.2) is 28.7 Å². The molecule has 0 fully saturated rings. The number of hydrogen-bond acceptors (Lipinski definition) is 2. The number of methoxy groups -OCH3 is 1.